The molecule has 134 valence electrons. The smallest absolute Gasteiger partial charge is 0.232 e. The molecule has 4 rings (SSSR count). The molecule has 1 aliphatic heterocycles. The van der Waals surface area contributed by atoms with Crippen LogP contribution in [0, 0.1) is 13.8 Å². The van der Waals surface area contributed by atoms with Gasteiger partial charge < -0.3 is 4.90 Å². The first-order valence-corrected chi connectivity index (χ1v) is 11.1. The zero-order valence-electron chi connectivity index (χ0n) is 15.0. The van der Waals surface area contributed by atoms with Crippen LogP contribution in [0.25, 0.3) is 10.2 Å². The number of carbonyl (C=O) groups excluding carboxylic acids is 1. The van der Waals surface area contributed by atoms with Gasteiger partial charge in [-0.25, -0.2) is 9.97 Å². The van der Waals surface area contributed by atoms with Gasteiger partial charge in [0.1, 0.15) is 15.7 Å². The second-order valence-corrected chi connectivity index (χ2v) is 9.38. The van der Waals surface area contributed by atoms with E-state index < -0.39 is 0 Å². The third-order valence-electron chi connectivity index (χ3n) is 5.25. The summed E-state index contributed by atoms with van der Waals surface area (Å²) in [6.45, 7) is 6.13. The van der Waals surface area contributed by atoms with Crippen molar-refractivity contribution in [3.05, 3.63) is 16.3 Å². The van der Waals surface area contributed by atoms with Crippen molar-refractivity contribution >= 4 is 39.2 Å². The molecule has 0 aromatic carbocycles. The topological polar surface area (TPSA) is 46.1 Å². The summed E-state index contributed by atoms with van der Waals surface area (Å²) in [5.41, 5.74) is 1.27. The Bertz CT molecular complexity index is 790. The molecule has 0 unspecified atom stereocenters. The Morgan fingerprint density at radius 1 is 1.16 bits per heavy atom. The molecule has 0 spiro atoms. The van der Waals surface area contributed by atoms with Crippen LogP contribution >= 0.6 is 23.1 Å². The number of amides is 1. The van der Waals surface area contributed by atoms with E-state index in [0.29, 0.717) is 11.7 Å². The van der Waals surface area contributed by atoms with E-state index in [1.165, 1.54) is 41.5 Å². The Balaban J connectivity index is 1.56. The van der Waals surface area contributed by atoms with Crippen molar-refractivity contribution in [2.75, 3.05) is 18.8 Å². The number of likely N-dealkylation sites (tertiary alicyclic amines) is 1. The maximum Gasteiger partial charge on any atom is 0.232 e. The van der Waals surface area contributed by atoms with E-state index >= 15 is 0 Å². The number of thioether (sulfide) groups is 1. The summed E-state index contributed by atoms with van der Waals surface area (Å²) >= 11 is 3.37. The largest absolute Gasteiger partial charge is 0.342 e. The van der Waals surface area contributed by atoms with E-state index in [0.717, 1.165) is 41.6 Å². The fourth-order valence-corrected chi connectivity index (χ4v) is 5.49. The molecule has 1 aliphatic carbocycles. The van der Waals surface area contributed by atoms with Gasteiger partial charge in [-0.2, -0.15) is 0 Å². The summed E-state index contributed by atoms with van der Waals surface area (Å²) in [5, 5.41) is 2.18. The number of carbonyl (C=O) groups is 1. The Morgan fingerprint density at radius 3 is 2.56 bits per heavy atom. The molecule has 2 aliphatic rings. The number of aryl methyl sites for hydroxylation is 2. The highest BCUT2D eigenvalue weighted by Gasteiger charge is 2.29. The van der Waals surface area contributed by atoms with Crippen LogP contribution in [-0.4, -0.2) is 39.6 Å². The molecule has 1 saturated carbocycles. The Hall–Kier alpha value is -1.14. The zero-order chi connectivity index (χ0) is 17.4. The highest BCUT2D eigenvalue weighted by molar-refractivity contribution is 8.00. The summed E-state index contributed by atoms with van der Waals surface area (Å²) < 4.78 is 0. The van der Waals surface area contributed by atoms with E-state index in [1.807, 2.05) is 4.90 Å². The van der Waals surface area contributed by atoms with Crippen molar-refractivity contribution < 1.29 is 4.79 Å². The first-order valence-electron chi connectivity index (χ1n) is 9.31. The molecule has 1 amide bonds. The number of hydrogen-bond donors (Lipinski definition) is 0. The van der Waals surface area contributed by atoms with E-state index in [1.54, 1.807) is 23.1 Å². The van der Waals surface area contributed by atoms with Crippen LogP contribution in [0.2, 0.25) is 0 Å². The summed E-state index contributed by atoms with van der Waals surface area (Å²) in [7, 11) is 0. The standard InChI is InChI=1S/C19H25N3OS2/c1-12-13(2)25-19-16(12)18(20-17(21-19)14-7-8-14)24-11-15(23)22-9-5-3-4-6-10-22/h14H,3-11H2,1-2H3. The molecule has 0 radical (unpaired) electrons. The van der Waals surface area contributed by atoms with Gasteiger partial charge in [-0.15, -0.1) is 11.3 Å². The van der Waals surface area contributed by atoms with Crippen molar-refractivity contribution in [2.24, 2.45) is 0 Å². The number of fused-ring (bicyclic) bond motifs is 1. The molecule has 4 nitrogen and oxygen atoms in total. The number of rotatable bonds is 4. The first-order chi connectivity index (χ1) is 12.1. The predicted molar refractivity (Wildman–Crippen MR) is 105 cm³/mol. The molecule has 6 heteroatoms. The second-order valence-electron chi connectivity index (χ2n) is 7.21. The van der Waals surface area contributed by atoms with E-state index in [4.69, 9.17) is 9.97 Å². The minimum absolute atomic E-state index is 0.260. The lowest BCUT2D eigenvalue weighted by atomic mass is 10.2. The van der Waals surface area contributed by atoms with Crippen molar-refractivity contribution in [1.29, 1.82) is 0 Å². The lowest BCUT2D eigenvalue weighted by Crippen LogP contribution is -2.33. The first kappa shape index (κ1) is 17.3. The lowest BCUT2D eigenvalue weighted by Gasteiger charge is -2.20. The van der Waals surface area contributed by atoms with Gasteiger partial charge in [0, 0.05) is 29.3 Å². The quantitative estimate of drug-likeness (QED) is 0.575. The lowest BCUT2D eigenvalue weighted by molar-refractivity contribution is -0.128. The van der Waals surface area contributed by atoms with Crippen LogP contribution in [0.3, 0.4) is 0 Å². The van der Waals surface area contributed by atoms with Gasteiger partial charge in [0.15, 0.2) is 0 Å². The summed E-state index contributed by atoms with van der Waals surface area (Å²) in [5.74, 6) is 2.27. The fourth-order valence-electron chi connectivity index (χ4n) is 3.40. The van der Waals surface area contributed by atoms with E-state index in [9.17, 15) is 4.79 Å². The minimum Gasteiger partial charge on any atom is -0.342 e. The van der Waals surface area contributed by atoms with E-state index in [2.05, 4.69) is 13.8 Å². The molecule has 1 saturated heterocycles. The van der Waals surface area contributed by atoms with Crippen LogP contribution in [0.5, 0.6) is 0 Å². The predicted octanol–water partition coefficient (Wildman–Crippen LogP) is 4.68. The third kappa shape index (κ3) is 3.70. The van der Waals surface area contributed by atoms with Crippen LogP contribution in [0.15, 0.2) is 5.03 Å². The van der Waals surface area contributed by atoms with Gasteiger partial charge in [-0.1, -0.05) is 24.6 Å². The van der Waals surface area contributed by atoms with Crippen LogP contribution in [0.1, 0.15) is 60.7 Å². The normalized spacial score (nSPS) is 18.6. The SMILES string of the molecule is Cc1sc2nc(C3CC3)nc(SCC(=O)N3CCCCCC3)c2c1C. The Labute approximate surface area is 157 Å². The minimum atomic E-state index is 0.260. The monoisotopic (exact) mass is 375 g/mol. The van der Waals surface area contributed by atoms with Crippen molar-refractivity contribution in [3.63, 3.8) is 0 Å². The summed E-state index contributed by atoms with van der Waals surface area (Å²) in [4.78, 5) is 26.8. The van der Waals surface area contributed by atoms with Gasteiger partial charge in [0.05, 0.1) is 5.75 Å². The third-order valence-corrected chi connectivity index (χ3v) is 7.31. The van der Waals surface area contributed by atoms with Crippen LogP contribution < -0.4 is 0 Å². The van der Waals surface area contributed by atoms with Gasteiger partial charge in [-0.05, 0) is 45.1 Å². The molecule has 3 heterocycles. The molecule has 2 aromatic heterocycles. The highest BCUT2D eigenvalue weighted by Crippen LogP contribution is 2.42. The molecule has 2 fully saturated rings. The fraction of sp³-hybridized carbons (Fsp3) is 0.632. The van der Waals surface area contributed by atoms with E-state index in [-0.39, 0.29) is 5.91 Å². The number of hydrogen-bond acceptors (Lipinski definition) is 5. The van der Waals surface area contributed by atoms with Crippen molar-refractivity contribution in [2.45, 2.75) is 63.3 Å². The number of nitrogens with zero attached hydrogens (tertiary/aromatic N) is 3. The molecule has 0 N–H and O–H groups in total. The molecular formula is C19H25N3OS2. The molecule has 25 heavy (non-hydrogen) atoms. The van der Waals surface area contributed by atoms with Crippen molar-refractivity contribution in [3.8, 4) is 0 Å². The van der Waals surface area contributed by atoms with Crippen LogP contribution in [-0.2, 0) is 4.79 Å². The Morgan fingerprint density at radius 2 is 1.88 bits per heavy atom. The zero-order valence-corrected chi connectivity index (χ0v) is 16.6. The van der Waals surface area contributed by atoms with Gasteiger partial charge in [0.2, 0.25) is 5.91 Å². The average molecular weight is 376 g/mol. The van der Waals surface area contributed by atoms with Crippen LogP contribution in [0.4, 0.5) is 0 Å². The molecule has 2 aromatic rings. The van der Waals surface area contributed by atoms with Gasteiger partial charge in [0.25, 0.3) is 0 Å². The molecule has 0 bridgehead atoms. The summed E-state index contributed by atoms with van der Waals surface area (Å²) in [6.07, 6.45) is 7.19. The van der Waals surface area contributed by atoms with Crippen molar-refractivity contribution in [1.82, 2.24) is 14.9 Å². The van der Waals surface area contributed by atoms with Gasteiger partial charge in [-0.3, -0.25) is 4.79 Å². The second kappa shape index (κ2) is 7.23. The Kier molecular flexibility index (Phi) is 5.00. The summed E-state index contributed by atoms with van der Waals surface area (Å²) in [6, 6.07) is 0. The average Bonchev–Trinajstić information content (AvgIpc) is 3.42. The molecular weight excluding hydrogens is 350 g/mol. The maximum atomic E-state index is 12.6. The highest BCUT2D eigenvalue weighted by atomic mass is 32.2. The van der Waals surface area contributed by atoms with Gasteiger partial charge >= 0.3 is 0 Å². The maximum absolute atomic E-state index is 12.6. The number of thiophene rings is 1. The molecule has 0 atom stereocenters. The number of aromatic nitrogens is 2.